The Morgan fingerprint density at radius 1 is 1.53 bits per heavy atom. The average Bonchev–Trinajstić information content (AvgIpc) is 2.63. The van der Waals surface area contributed by atoms with Gasteiger partial charge < -0.3 is 10.4 Å². The summed E-state index contributed by atoms with van der Waals surface area (Å²) in [5.74, 6) is -0.580. The van der Waals surface area contributed by atoms with Crippen LogP contribution in [0.4, 0.5) is 0 Å². The molecule has 0 radical (unpaired) electrons. The SMILES string of the molecule is CCC1(C(=O)O)CCCN(C2CCCNC(=O)C2)C1. The first-order valence-electron chi connectivity index (χ1n) is 7.31. The summed E-state index contributed by atoms with van der Waals surface area (Å²) >= 11 is 0. The van der Waals surface area contributed by atoms with Crippen molar-refractivity contribution in [2.45, 2.75) is 51.5 Å². The van der Waals surface area contributed by atoms with Crippen molar-refractivity contribution in [1.29, 1.82) is 0 Å². The molecule has 5 nitrogen and oxygen atoms in total. The zero-order chi connectivity index (χ0) is 13.9. The van der Waals surface area contributed by atoms with Gasteiger partial charge in [-0.3, -0.25) is 14.5 Å². The topological polar surface area (TPSA) is 69.6 Å². The molecule has 0 saturated carbocycles. The molecule has 2 unspecified atom stereocenters. The third kappa shape index (κ3) is 3.08. The second-order valence-electron chi connectivity index (χ2n) is 5.86. The monoisotopic (exact) mass is 268 g/mol. The molecule has 5 heteroatoms. The van der Waals surface area contributed by atoms with Gasteiger partial charge in [0.2, 0.25) is 5.91 Å². The lowest BCUT2D eigenvalue weighted by atomic mass is 9.77. The molecule has 0 aromatic rings. The van der Waals surface area contributed by atoms with Crippen molar-refractivity contribution in [2.24, 2.45) is 5.41 Å². The first-order valence-corrected chi connectivity index (χ1v) is 7.31. The molecule has 0 aromatic carbocycles. The van der Waals surface area contributed by atoms with E-state index in [0.29, 0.717) is 19.4 Å². The second-order valence-corrected chi connectivity index (χ2v) is 5.86. The van der Waals surface area contributed by atoms with Crippen LogP contribution in [0.25, 0.3) is 0 Å². The van der Waals surface area contributed by atoms with Gasteiger partial charge >= 0.3 is 5.97 Å². The van der Waals surface area contributed by atoms with Crippen molar-refractivity contribution in [3.05, 3.63) is 0 Å². The molecule has 19 heavy (non-hydrogen) atoms. The van der Waals surface area contributed by atoms with E-state index >= 15 is 0 Å². The summed E-state index contributed by atoms with van der Waals surface area (Å²) in [6, 6.07) is 0.216. The van der Waals surface area contributed by atoms with E-state index < -0.39 is 11.4 Å². The van der Waals surface area contributed by atoms with Gasteiger partial charge in [-0.2, -0.15) is 0 Å². The van der Waals surface area contributed by atoms with Gasteiger partial charge in [0.1, 0.15) is 0 Å². The first-order chi connectivity index (χ1) is 9.07. The Bertz CT molecular complexity index is 359. The van der Waals surface area contributed by atoms with Crippen LogP contribution in [-0.4, -0.2) is 47.6 Å². The van der Waals surface area contributed by atoms with Crippen LogP contribution in [0.15, 0.2) is 0 Å². The van der Waals surface area contributed by atoms with Gasteiger partial charge in [0, 0.05) is 25.6 Å². The smallest absolute Gasteiger partial charge is 0.310 e. The molecule has 2 saturated heterocycles. The summed E-state index contributed by atoms with van der Waals surface area (Å²) < 4.78 is 0. The summed E-state index contributed by atoms with van der Waals surface area (Å²) in [4.78, 5) is 25.5. The van der Waals surface area contributed by atoms with Crippen LogP contribution in [-0.2, 0) is 9.59 Å². The Hall–Kier alpha value is -1.10. The van der Waals surface area contributed by atoms with E-state index in [0.717, 1.165) is 38.8 Å². The van der Waals surface area contributed by atoms with Crippen LogP contribution in [0.2, 0.25) is 0 Å². The first kappa shape index (κ1) is 14.3. The Labute approximate surface area is 114 Å². The molecule has 2 atom stereocenters. The summed E-state index contributed by atoms with van der Waals surface area (Å²) in [5.41, 5.74) is -0.610. The number of amides is 1. The van der Waals surface area contributed by atoms with E-state index in [1.54, 1.807) is 0 Å². The van der Waals surface area contributed by atoms with Gasteiger partial charge in [-0.25, -0.2) is 0 Å². The molecule has 2 N–H and O–H groups in total. The molecule has 1 amide bonds. The van der Waals surface area contributed by atoms with Gasteiger partial charge in [0.15, 0.2) is 0 Å². The van der Waals surface area contributed by atoms with Crippen LogP contribution in [0.3, 0.4) is 0 Å². The third-order valence-electron chi connectivity index (χ3n) is 4.71. The van der Waals surface area contributed by atoms with Gasteiger partial charge in [0.25, 0.3) is 0 Å². The van der Waals surface area contributed by atoms with Crippen molar-refractivity contribution in [3.8, 4) is 0 Å². The average molecular weight is 268 g/mol. The van der Waals surface area contributed by atoms with Crippen molar-refractivity contribution >= 4 is 11.9 Å². The maximum absolute atomic E-state index is 11.6. The largest absolute Gasteiger partial charge is 0.481 e. The molecule has 0 aliphatic carbocycles. The fourth-order valence-electron chi connectivity index (χ4n) is 3.36. The molecular weight excluding hydrogens is 244 g/mol. The van der Waals surface area contributed by atoms with Crippen LogP contribution in [0, 0.1) is 5.41 Å². The molecule has 2 heterocycles. The molecule has 2 rings (SSSR count). The molecule has 2 fully saturated rings. The Morgan fingerprint density at radius 3 is 3.00 bits per heavy atom. The lowest BCUT2D eigenvalue weighted by Gasteiger charge is -2.42. The molecule has 0 aromatic heterocycles. The Kier molecular flexibility index (Phi) is 4.45. The number of nitrogens with zero attached hydrogens (tertiary/aromatic N) is 1. The molecule has 108 valence electrons. The number of carboxylic acid groups (broad SMARTS) is 1. The summed E-state index contributed by atoms with van der Waals surface area (Å²) in [5, 5.41) is 12.4. The van der Waals surface area contributed by atoms with Crippen LogP contribution in [0.5, 0.6) is 0 Å². The number of hydrogen-bond donors (Lipinski definition) is 2. The van der Waals surface area contributed by atoms with Crippen LogP contribution >= 0.6 is 0 Å². The van der Waals surface area contributed by atoms with Gasteiger partial charge in [-0.05, 0) is 38.6 Å². The van der Waals surface area contributed by atoms with E-state index in [1.165, 1.54) is 0 Å². The van der Waals surface area contributed by atoms with Gasteiger partial charge in [-0.1, -0.05) is 6.92 Å². The number of rotatable bonds is 3. The zero-order valence-electron chi connectivity index (χ0n) is 11.7. The van der Waals surface area contributed by atoms with Crippen molar-refractivity contribution < 1.29 is 14.7 Å². The highest BCUT2D eigenvalue weighted by Crippen LogP contribution is 2.35. The number of nitrogens with one attached hydrogen (secondary N) is 1. The number of carbonyl (C=O) groups is 2. The summed E-state index contributed by atoms with van der Waals surface area (Å²) in [6.07, 6.45) is 4.82. The number of aliphatic carboxylic acids is 1. The molecule has 2 aliphatic heterocycles. The van der Waals surface area contributed by atoms with E-state index in [1.807, 2.05) is 6.92 Å². The Balaban J connectivity index is 2.07. The zero-order valence-corrected chi connectivity index (χ0v) is 11.7. The van der Waals surface area contributed by atoms with E-state index in [9.17, 15) is 14.7 Å². The van der Waals surface area contributed by atoms with E-state index in [-0.39, 0.29) is 11.9 Å². The third-order valence-corrected chi connectivity index (χ3v) is 4.71. The van der Waals surface area contributed by atoms with Crippen molar-refractivity contribution in [2.75, 3.05) is 19.6 Å². The minimum atomic E-state index is -0.683. The standard InChI is InChI=1S/C14H24N2O3/c1-2-14(13(18)19)6-4-8-16(10-14)11-5-3-7-15-12(17)9-11/h11H,2-10H2,1H3,(H,15,17)(H,18,19). The number of carboxylic acids is 1. The number of piperidine rings is 1. The molecule has 2 aliphatic rings. The Morgan fingerprint density at radius 2 is 2.32 bits per heavy atom. The number of hydrogen-bond acceptors (Lipinski definition) is 3. The predicted octanol–water partition coefficient (Wildman–Crippen LogP) is 1.23. The highest BCUT2D eigenvalue weighted by atomic mass is 16.4. The highest BCUT2D eigenvalue weighted by molar-refractivity contribution is 5.77. The van der Waals surface area contributed by atoms with Gasteiger partial charge in [-0.15, -0.1) is 0 Å². The fourth-order valence-corrected chi connectivity index (χ4v) is 3.36. The number of carbonyl (C=O) groups excluding carboxylic acids is 1. The van der Waals surface area contributed by atoms with Crippen LogP contribution < -0.4 is 5.32 Å². The van der Waals surface area contributed by atoms with E-state index in [4.69, 9.17) is 0 Å². The molecule has 0 spiro atoms. The van der Waals surface area contributed by atoms with Crippen LogP contribution in [0.1, 0.15) is 45.4 Å². The lowest BCUT2D eigenvalue weighted by Crippen LogP contribution is -2.51. The summed E-state index contributed by atoms with van der Waals surface area (Å²) in [7, 11) is 0. The predicted molar refractivity (Wildman–Crippen MR) is 71.8 cm³/mol. The van der Waals surface area contributed by atoms with Gasteiger partial charge in [0.05, 0.1) is 5.41 Å². The maximum Gasteiger partial charge on any atom is 0.310 e. The normalized spacial score (nSPS) is 33.5. The highest BCUT2D eigenvalue weighted by Gasteiger charge is 2.42. The lowest BCUT2D eigenvalue weighted by molar-refractivity contribution is -0.153. The van der Waals surface area contributed by atoms with E-state index in [2.05, 4.69) is 10.2 Å². The fraction of sp³-hybridized carbons (Fsp3) is 0.857. The summed E-state index contributed by atoms with van der Waals surface area (Å²) in [6.45, 7) is 4.22. The van der Waals surface area contributed by atoms with Crippen molar-refractivity contribution in [1.82, 2.24) is 10.2 Å². The van der Waals surface area contributed by atoms with Crippen molar-refractivity contribution in [3.63, 3.8) is 0 Å². The molecular formula is C14H24N2O3. The molecule has 0 bridgehead atoms. The minimum Gasteiger partial charge on any atom is -0.481 e. The quantitative estimate of drug-likeness (QED) is 0.808. The second kappa shape index (κ2) is 5.90. The number of likely N-dealkylation sites (tertiary alicyclic amines) is 1. The minimum absolute atomic E-state index is 0.102. The maximum atomic E-state index is 11.6.